The maximum Gasteiger partial charge on any atom is 0.227 e. The zero-order valence-electron chi connectivity index (χ0n) is 17.9. The Morgan fingerprint density at radius 2 is 1.65 bits per heavy atom. The van der Waals surface area contributed by atoms with Crippen molar-refractivity contribution < 1.29 is 4.79 Å². The number of amides is 1. The zero-order chi connectivity index (χ0) is 19.3. The van der Waals surface area contributed by atoms with E-state index in [1.54, 1.807) is 0 Å². The summed E-state index contributed by atoms with van der Waals surface area (Å²) in [7, 11) is 0. The van der Waals surface area contributed by atoms with Crippen molar-refractivity contribution >= 4 is 35.8 Å². The van der Waals surface area contributed by atoms with Crippen molar-refractivity contribution in [2.45, 2.75) is 67.3 Å². The summed E-state index contributed by atoms with van der Waals surface area (Å²) in [4.78, 5) is 19.2. The van der Waals surface area contributed by atoms with Gasteiger partial charge in [0.2, 0.25) is 5.91 Å². The Bertz CT molecular complexity index is 397. The molecule has 1 amide bonds. The van der Waals surface area contributed by atoms with Gasteiger partial charge in [0.15, 0.2) is 5.96 Å². The second-order valence-corrected chi connectivity index (χ2v) is 7.15. The fourth-order valence-electron chi connectivity index (χ4n) is 2.53. The highest BCUT2D eigenvalue weighted by Crippen LogP contribution is 2.15. The van der Waals surface area contributed by atoms with Gasteiger partial charge < -0.3 is 20.9 Å². The molecule has 156 valence electrons. The van der Waals surface area contributed by atoms with Gasteiger partial charge in [0.25, 0.3) is 0 Å². The molecule has 0 bridgehead atoms. The van der Waals surface area contributed by atoms with E-state index in [-0.39, 0.29) is 29.9 Å². The van der Waals surface area contributed by atoms with Gasteiger partial charge in [-0.15, -0.1) is 24.0 Å². The average molecular weight is 483 g/mol. The molecule has 0 saturated carbocycles. The van der Waals surface area contributed by atoms with E-state index in [0.29, 0.717) is 19.1 Å². The van der Waals surface area contributed by atoms with Crippen molar-refractivity contribution in [1.82, 2.24) is 20.9 Å². The molecule has 0 saturated heterocycles. The molecule has 0 heterocycles. The maximum atomic E-state index is 12.1. The molecule has 6 nitrogen and oxygen atoms in total. The van der Waals surface area contributed by atoms with Crippen LogP contribution in [0.15, 0.2) is 4.99 Å². The standard InChI is InChI=1S/C19H41N5O.HI/c1-8-20-17(25)19(6,7)15-22-18(21-9-2)23-16(5)13-12-14-24(10-3)11-4;/h16H,8-15H2,1-7H3,(H,20,25)(H2,21,22,23);1H. The molecule has 0 spiro atoms. The number of halogens is 1. The molecule has 0 aromatic rings. The van der Waals surface area contributed by atoms with Crippen molar-refractivity contribution in [2.75, 3.05) is 39.3 Å². The molecule has 26 heavy (non-hydrogen) atoms. The smallest absolute Gasteiger partial charge is 0.227 e. The lowest BCUT2D eigenvalue weighted by Crippen LogP contribution is -2.44. The van der Waals surface area contributed by atoms with E-state index in [1.165, 1.54) is 6.42 Å². The molecule has 0 radical (unpaired) electrons. The molecule has 3 N–H and O–H groups in total. The lowest BCUT2D eigenvalue weighted by molar-refractivity contribution is -0.128. The van der Waals surface area contributed by atoms with Gasteiger partial charge in [-0.3, -0.25) is 9.79 Å². The Kier molecular flexibility index (Phi) is 16.5. The maximum absolute atomic E-state index is 12.1. The number of carbonyl (C=O) groups excluding carboxylic acids is 1. The van der Waals surface area contributed by atoms with Crippen molar-refractivity contribution in [1.29, 1.82) is 0 Å². The van der Waals surface area contributed by atoms with Gasteiger partial charge in [0.1, 0.15) is 0 Å². The van der Waals surface area contributed by atoms with Crippen LogP contribution in [0.5, 0.6) is 0 Å². The Morgan fingerprint density at radius 3 is 2.15 bits per heavy atom. The monoisotopic (exact) mass is 483 g/mol. The molecule has 7 heteroatoms. The van der Waals surface area contributed by atoms with Gasteiger partial charge in [0, 0.05) is 19.1 Å². The number of nitrogens with zero attached hydrogens (tertiary/aromatic N) is 2. The van der Waals surface area contributed by atoms with Gasteiger partial charge in [-0.25, -0.2) is 0 Å². The molecule has 0 aliphatic rings. The minimum Gasteiger partial charge on any atom is -0.357 e. The second kappa shape index (κ2) is 15.5. The van der Waals surface area contributed by atoms with Gasteiger partial charge >= 0.3 is 0 Å². The largest absolute Gasteiger partial charge is 0.357 e. The molecule has 0 aliphatic carbocycles. The molecule has 0 rings (SSSR count). The fourth-order valence-corrected chi connectivity index (χ4v) is 2.53. The van der Waals surface area contributed by atoms with Crippen molar-refractivity contribution in [3.63, 3.8) is 0 Å². The van der Waals surface area contributed by atoms with E-state index in [9.17, 15) is 4.79 Å². The van der Waals surface area contributed by atoms with Crippen molar-refractivity contribution in [2.24, 2.45) is 10.4 Å². The Balaban J connectivity index is 0. The van der Waals surface area contributed by atoms with Crippen molar-refractivity contribution in [3.8, 4) is 0 Å². The van der Waals surface area contributed by atoms with E-state index < -0.39 is 5.41 Å². The highest BCUT2D eigenvalue weighted by Gasteiger charge is 2.26. The highest BCUT2D eigenvalue weighted by molar-refractivity contribution is 14.0. The molecule has 1 atom stereocenters. The van der Waals surface area contributed by atoms with Crippen LogP contribution in [0.4, 0.5) is 0 Å². The predicted octanol–water partition coefficient (Wildman–Crippen LogP) is 2.83. The lowest BCUT2D eigenvalue weighted by atomic mass is 9.92. The minimum atomic E-state index is -0.510. The van der Waals surface area contributed by atoms with Crippen LogP contribution in [0.1, 0.15) is 61.3 Å². The first kappa shape index (κ1) is 27.6. The molecule has 0 aromatic carbocycles. The van der Waals surface area contributed by atoms with Crippen LogP contribution in [0.2, 0.25) is 0 Å². The van der Waals surface area contributed by atoms with E-state index >= 15 is 0 Å². The van der Waals surface area contributed by atoms with Crippen LogP contribution in [0.3, 0.4) is 0 Å². The molecule has 0 fully saturated rings. The molecular formula is C19H42IN5O. The number of hydrogen-bond donors (Lipinski definition) is 3. The first-order valence-electron chi connectivity index (χ1n) is 9.86. The molecular weight excluding hydrogens is 441 g/mol. The summed E-state index contributed by atoms with van der Waals surface area (Å²) in [6.45, 7) is 19.7. The summed E-state index contributed by atoms with van der Waals surface area (Å²) in [5, 5.41) is 9.61. The summed E-state index contributed by atoms with van der Waals surface area (Å²) >= 11 is 0. The van der Waals surface area contributed by atoms with Gasteiger partial charge in [-0.2, -0.15) is 0 Å². The summed E-state index contributed by atoms with van der Waals surface area (Å²) in [5.74, 6) is 0.831. The second-order valence-electron chi connectivity index (χ2n) is 7.15. The number of aliphatic imine (C=N–C) groups is 1. The summed E-state index contributed by atoms with van der Waals surface area (Å²) < 4.78 is 0. The first-order chi connectivity index (χ1) is 11.8. The van der Waals surface area contributed by atoms with Gasteiger partial charge in [0.05, 0.1) is 12.0 Å². The predicted molar refractivity (Wildman–Crippen MR) is 123 cm³/mol. The molecule has 0 aromatic heterocycles. The lowest BCUT2D eigenvalue weighted by Gasteiger charge is -2.23. The quantitative estimate of drug-likeness (QED) is 0.227. The fraction of sp³-hybridized carbons (Fsp3) is 0.895. The third-order valence-electron chi connectivity index (χ3n) is 4.32. The first-order valence-corrected chi connectivity index (χ1v) is 9.86. The van der Waals surface area contributed by atoms with Crippen LogP contribution >= 0.6 is 24.0 Å². The third-order valence-corrected chi connectivity index (χ3v) is 4.32. The number of nitrogens with one attached hydrogen (secondary N) is 3. The van der Waals surface area contributed by atoms with Crippen LogP contribution in [-0.2, 0) is 4.79 Å². The van der Waals surface area contributed by atoms with Crippen LogP contribution < -0.4 is 16.0 Å². The summed E-state index contributed by atoms with van der Waals surface area (Å²) in [5.41, 5.74) is -0.510. The van der Waals surface area contributed by atoms with Crippen LogP contribution in [-0.4, -0.2) is 62.1 Å². The summed E-state index contributed by atoms with van der Waals surface area (Å²) in [6.07, 6.45) is 2.26. The van der Waals surface area contributed by atoms with Gasteiger partial charge in [-0.1, -0.05) is 13.8 Å². The van der Waals surface area contributed by atoms with E-state index in [4.69, 9.17) is 0 Å². The number of rotatable bonds is 12. The highest BCUT2D eigenvalue weighted by atomic mass is 127. The van der Waals surface area contributed by atoms with E-state index in [1.807, 2.05) is 20.8 Å². The Labute approximate surface area is 178 Å². The van der Waals surface area contributed by atoms with Gasteiger partial charge in [-0.05, 0) is 67.1 Å². The van der Waals surface area contributed by atoms with E-state index in [0.717, 1.165) is 38.6 Å². The number of carbonyl (C=O) groups is 1. The minimum absolute atomic E-state index is 0. The Hall–Kier alpha value is -0.570. The number of guanidine groups is 1. The summed E-state index contributed by atoms with van der Waals surface area (Å²) in [6, 6.07) is 0.348. The molecule has 0 aliphatic heterocycles. The average Bonchev–Trinajstić information content (AvgIpc) is 2.57. The van der Waals surface area contributed by atoms with Crippen molar-refractivity contribution in [3.05, 3.63) is 0 Å². The van der Waals surface area contributed by atoms with Crippen LogP contribution in [0.25, 0.3) is 0 Å². The number of hydrogen-bond acceptors (Lipinski definition) is 3. The van der Waals surface area contributed by atoms with Crippen LogP contribution in [0, 0.1) is 5.41 Å². The SMILES string of the molecule is CCNC(=O)C(C)(C)CN=C(NCC)NC(C)CCCN(CC)CC.I. The third kappa shape index (κ3) is 11.9. The molecule has 1 unspecified atom stereocenters. The van der Waals surface area contributed by atoms with E-state index in [2.05, 4.69) is 53.5 Å². The Morgan fingerprint density at radius 1 is 1.08 bits per heavy atom. The zero-order valence-corrected chi connectivity index (χ0v) is 20.3. The normalized spacial score (nSPS) is 13.2. The topological polar surface area (TPSA) is 68.8 Å².